The summed E-state index contributed by atoms with van der Waals surface area (Å²) in [6.45, 7) is 4.05. The fourth-order valence-corrected chi connectivity index (χ4v) is 3.37. The molecular weight excluding hydrogens is 368 g/mol. The molecule has 1 N–H and O–H groups in total. The summed E-state index contributed by atoms with van der Waals surface area (Å²) in [6, 6.07) is 11.9. The number of fused-ring (bicyclic) bond motifs is 1. The fourth-order valence-electron chi connectivity index (χ4n) is 3.37. The lowest BCUT2D eigenvalue weighted by atomic mass is 10.1. The van der Waals surface area contributed by atoms with Gasteiger partial charge in [-0.25, -0.2) is 4.98 Å². The molecule has 0 aliphatic rings. The molecule has 3 aromatic rings. The summed E-state index contributed by atoms with van der Waals surface area (Å²) in [6.07, 6.45) is 0. The van der Waals surface area contributed by atoms with Crippen molar-refractivity contribution in [3.05, 3.63) is 57.9 Å². The van der Waals surface area contributed by atoms with Gasteiger partial charge in [-0.05, 0) is 26.6 Å². The molecule has 3 rings (SSSR count). The third-order valence-electron chi connectivity index (χ3n) is 4.90. The van der Waals surface area contributed by atoms with Gasteiger partial charge in [0.05, 0.1) is 25.1 Å². The normalized spacial score (nSPS) is 11.1. The first-order chi connectivity index (χ1) is 13.9. The maximum absolute atomic E-state index is 13.0. The summed E-state index contributed by atoms with van der Waals surface area (Å²) >= 11 is 0. The predicted molar refractivity (Wildman–Crippen MR) is 116 cm³/mol. The molecule has 0 bridgehead atoms. The van der Waals surface area contributed by atoms with Gasteiger partial charge in [0.2, 0.25) is 5.95 Å². The lowest BCUT2D eigenvalue weighted by molar-refractivity contribution is 0.354. The van der Waals surface area contributed by atoms with Gasteiger partial charge < -0.3 is 19.3 Å². The van der Waals surface area contributed by atoms with Gasteiger partial charge in [-0.15, -0.1) is 0 Å². The van der Waals surface area contributed by atoms with Crippen LogP contribution >= 0.6 is 0 Å². The van der Waals surface area contributed by atoms with E-state index in [0.717, 1.165) is 18.7 Å². The number of H-pyrrole nitrogens is 1. The molecule has 7 heteroatoms. The molecule has 29 heavy (non-hydrogen) atoms. The highest BCUT2D eigenvalue weighted by molar-refractivity contribution is 5.86. The van der Waals surface area contributed by atoms with E-state index in [1.807, 2.05) is 39.2 Å². The Morgan fingerprint density at radius 1 is 1.07 bits per heavy atom. The van der Waals surface area contributed by atoms with Gasteiger partial charge in [0.25, 0.3) is 5.56 Å². The highest BCUT2D eigenvalue weighted by atomic mass is 16.5. The average molecular weight is 396 g/mol. The van der Waals surface area contributed by atoms with E-state index < -0.39 is 0 Å². The second-order valence-electron chi connectivity index (χ2n) is 7.23. The van der Waals surface area contributed by atoms with E-state index in [4.69, 9.17) is 14.5 Å². The summed E-state index contributed by atoms with van der Waals surface area (Å²) in [5, 5.41) is 0.513. The Balaban J connectivity index is 2.09. The Kier molecular flexibility index (Phi) is 6.39. The maximum Gasteiger partial charge on any atom is 0.260 e. The van der Waals surface area contributed by atoms with Crippen LogP contribution in [-0.2, 0) is 6.54 Å². The van der Waals surface area contributed by atoms with E-state index in [-0.39, 0.29) is 5.56 Å². The van der Waals surface area contributed by atoms with Crippen LogP contribution in [0.4, 0.5) is 5.95 Å². The van der Waals surface area contributed by atoms with Crippen LogP contribution in [0, 0.1) is 6.92 Å². The number of methoxy groups -OCH3 is 2. The largest absolute Gasteiger partial charge is 0.493 e. The van der Waals surface area contributed by atoms with Crippen molar-refractivity contribution in [2.45, 2.75) is 13.5 Å². The molecule has 0 amide bonds. The van der Waals surface area contributed by atoms with Crippen molar-refractivity contribution in [3.63, 3.8) is 0 Å². The highest BCUT2D eigenvalue weighted by Crippen LogP contribution is 2.35. The SMILES string of the molecule is COc1cc2nc(N(CCN(C)C)Cc3ccccc3)[nH]c(=O)c2c(C)c1OC. The number of benzene rings is 2. The molecule has 0 atom stereocenters. The van der Waals surface area contributed by atoms with E-state index in [1.165, 1.54) is 0 Å². The molecule has 0 aliphatic carbocycles. The second kappa shape index (κ2) is 8.96. The standard InChI is InChI=1S/C22H28N4O3/c1-15-19-17(13-18(28-4)20(15)29-5)23-22(24-21(19)27)26(12-11-25(2)3)14-16-9-7-6-8-10-16/h6-10,13H,11-12,14H2,1-5H3,(H,23,24,27). The van der Waals surface area contributed by atoms with Crippen LogP contribution in [0.2, 0.25) is 0 Å². The third kappa shape index (κ3) is 4.51. The summed E-state index contributed by atoms with van der Waals surface area (Å²) < 4.78 is 10.9. The molecule has 154 valence electrons. The number of rotatable bonds is 8. The number of aromatic nitrogens is 2. The van der Waals surface area contributed by atoms with E-state index >= 15 is 0 Å². The second-order valence-corrected chi connectivity index (χ2v) is 7.23. The Bertz CT molecular complexity index is 1030. The Hall–Kier alpha value is -3.06. The molecule has 0 radical (unpaired) electrons. The smallest absolute Gasteiger partial charge is 0.260 e. The lowest BCUT2D eigenvalue weighted by Crippen LogP contribution is -2.33. The minimum atomic E-state index is -0.189. The summed E-state index contributed by atoms with van der Waals surface area (Å²) in [7, 11) is 7.20. The van der Waals surface area contributed by atoms with Gasteiger partial charge in [-0.3, -0.25) is 9.78 Å². The number of likely N-dealkylation sites (N-methyl/N-ethyl adjacent to an activating group) is 1. The number of hydrogen-bond acceptors (Lipinski definition) is 6. The Morgan fingerprint density at radius 3 is 2.41 bits per heavy atom. The van der Waals surface area contributed by atoms with Gasteiger partial charge in [-0.1, -0.05) is 30.3 Å². The van der Waals surface area contributed by atoms with Crippen molar-refractivity contribution in [2.24, 2.45) is 0 Å². The molecule has 2 aromatic carbocycles. The van der Waals surface area contributed by atoms with Crippen LogP contribution in [0.1, 0.15) is 11.1 Å². The zero-order valence-electron chi connectivity index (χ0n) is 17.7. The van der Waals surface area contributed by atoms with Crippen molar-refractivity contribution in [1.82, 2.24) is 14.9 Å². The molecule has 1 heterocycles. The third-order valence-corrected chi connectivity index (χ3v) is 4.90. The Morgan fingerprint density at radius 2 is 1.79 bits per heavy atom. The molecule has 0 unspecified atom stereocenters. The number of aromatic amines is 1. The van der Waals surface area contributed by atoms with E-state index in [9.17, 15) is 4.79 Å². The summed E-state index contributed by atoms with van der Waals surface area (Å²) in [4.78, 5) is 24.9. The highest BCUT2D eigenvalue weighted by Gasteiger charge is 2.18. The minimum Gasteiger partial charge on any atom is -0.493 e. The van der Waals surface area contributed by atoms with Crippen LogP contribution in [0.25, 0.3) is 10.9 Å². The number of ether oxygens (including phenoxy) is 2. The van der Waals surface area contributed by atoms with E-state index in [1.54, 1.807) is 20.3 Å². The van der Waals surface area contributed by atoms with Crippen LogP contribution < -0.4 is 19.9 Å². The van der Waals surface area contributed by atoms with Crippen molar-refractivity contribution in [2.75, 3.05) is 46.3 Å². The van der Waals surface area contributed by atoms with Crippen LogP contribution in [0.5, 0.6) is 11.5 Å². The van der Waals surface area contributed by atoms with Crippen LogP contribution in [0.15, 0.2) is 41.2 Å². The monoisotopic (exact) mass is 396 g/mol. The molecule has 0 aliphatic heterocycles. The number of hydrogen-bond donors (Lipinski definition) is 1. The van der Waals surface area contributed by atoms with Crippen molar-refractivity contribution in [1.29, 1.82) is 0 Å². The van der Waals surface area contributed by atoms with E-state index in [2.05, 4.69) is 26.9 Å². The zero-order chi connectivity index (χ0) is 21.0. The fraction of sp³-hybridized carbons (Fsp3) is 0.364. The molecule has 0 fully saturated rings. The lowest BCUT2D eigenvalue weighted by Gasteiger charge is -2.25. The van der Waals surface area contributed by atoms with E-state index in [0.29, 0.717) is 40.5 Å². The maximum atomic E-state index is 13.0. The first kappa shape index (κ1) is 20.7. The first-order valence-corrected chi connectivity index (χ1v) is 9.53. The summed E-state index contributed by atoms with van der Waals surface area (Å²) in [5.41, 5.74) is 2.26. The van der Waals surface area contributed by atoms with Gasteiger partial charge in [0, 0.05) is 31.3 Å². The molecule has 0 spiro atoms. The molecule has 7 nitrogen and oxygen atoms in total. The first-order valence-electron chi connectivity index (χ1n) is 9.53. The summed E-state index contributed by atoms with van der Waals surface area (Å²) in [5.74, 6) is 1.65. The number of nitrogens with one attached hydrogen (secondary N) is 1. The Labute approximate surface area is 170 Å². The van der Waals surface area contributed by atoms with Gasteiger partial charge >= 0.3 is 0 Å². The number of aryl methyl sites for hydroxylation is 1. The van der Waals surface area contributed by atoms with Gasteiger partial charge in [0.15, 0.2) is 11.5 Å². The average Bonchev–Trinajstić information content (AvgIpc) is 2.70. The minimum absolute atomic E-state index is 0.189. The molecular formula is C22H28N4O3. The quantitative estimate of drug-likeness (QED) is 0.631. The zero-order valence-corrected chi connectivity index (χ0v) is 17.7. The molecule has 0 saturated heterocycles. The molecule has 0 saturated carbocycles. The van der Waals surface area contributed by atoms with Crippen molar-refractivity contribution >= 4 is 16.9 Å². The van der Waals surface area contributed by atoms with Crippen LogP contribution in [0.3, 0.4) is 0 Å². The molecule has 1 aromatic heterocycles. The number of nitrogens with zero attached hydrogens (tertiary/aromatic N) is 3. The van der Waals surface area contributed by atoms with Crippen LogP contribution in [-0.4, -0.2) is 56.3 Å². The van der Waals surface area contributed by atoms with Crippen molar-refractivity contribution < 1.29 is 9.47 Å². The predicted octanol–water partition coefficient (Wildman–Crippen LogP) is 2.82. The number of anilines is 1. The van der Waals surface area contributed by atoms with Gasteiger partial charge in [0.1, 0.15) is 0 Å². The topological polar surface area (TPSA) is 70.7 Å². The van der Waals surface area contributed by atoms with Gasteiger partial charge in [-0.2, -0.15) is 0 Å². The van der Waals surface area contributed by atoms with Crippen molar-refractivity contribution in [3.8, 4) is 11.5 Å².